The van der Waals surface area contributed by atoms with E-state index in [4.69, 9.17) is 0 Å². The third-order valence-electron chi connectivity index (χ3n) is 6.78. The number of carbonyl (C=O) groups excluding carboxylic acids is 2. The molecule has 8 heteroatoms. The van der Waals surface area contributed by atoms with E-state index in [1.54, 1.807) is 0 Å². The summed E-state index contributed by atoms with van der Waals surface area (Å²) in [6.45, 7) is 13.1. The summed E-state index contributed by atoms with van der Waals surface area (Å²) in [7, 11) is 4.19. The number of likely N-dealkylation sites (N-methyl/N-ethyl adjacent to an activating group) is 2. The average molecular weight is 694 g/mol. The highest BCUT2D eigenvalue weighted by atomic mass is 127. The van der Waals surface area contributed by atoms with Crippen molar-refractivity contribution in [3.8, 4) is 11.1 Å². The molecular formula is C26H40I2N4O2. The normalized spacial score (nSPS) is 11.1. The van der Waals surface area contributed by atoms with Crippen molar-refractivity contribution in [3.63, 3.8) is 0 Å². The van der Waals surface area contributed by atoms with Crippen LogP contribution in [0.1, 0.15) is 27.7 Å². The average Bonchev–Trinajstić information content (AvgIpc) is 2.79. The Morgan fingerprint density at radius 3 is 1.09 bits per heavy atom. The van der Waals surface area contributed by atoms with E-state index in [0.717, 1.165) is 57.6 Å². The molecule has 0 saturated heterocycles. The summed E-state index contributed by atoms with van der Waals surface area (Å²) in [6, 6.07) is 15.7. The zero-order chi connectivity index (χ0) is 23.8. The molecule has 0 spiro atoms. The fourth-order valence-corrected chi connectivity index (χ4v) is 3.48. The Labute approximate surface area is 239 Å². The van der Waals surface area contributed by atoms with Crippen LogP contribution in [-0.4, -0.2) is 74.1 Å². The van der Waals surface area contributed by atoms with E-state index in [2.05, 4.69) is 52.4 Å². The van der Waals surface area contributed by atoms with Crippen LogP contribution in [0.15, 0.2) is 48.5 Å². The Bertz CT molecular complexity index is 819. The van der Waals surface area contributed by atoms with Gasteiger partial charge in [0, 0.05) is 11.4 Å². The van der Waals surface area contributed by atoms with Gasteiger partial charge in [-0.15, -0.1) is 0 Å². The second-order valence-corrected chi connectivity index (χ2v) is 9.07. The standard InChI is InChI=1S/C26H38N4O2.2HI/c1-7-29(5,8-2)19-25(31)27-23-15-11-21(12-16-23)22-13-17-24(18-14-22)28-26(32)20-30(6,9-3)10-4;;/h11-18H,7-10,19-20H2,1-6H3;2*1H. The van der Waals surface area contributed by atoms with Gasteiger partial charge in [0.25, 0.3) is 11.8 Å². The molecule has 2 aromatic rings. The van der Waals surface area contributed by atoms with Crippen molar-refractivity contribution in [2.45, 2.75) is 27.7 Å². The minimum atomic E-state index is 0. The maximum Gasteiger partial charge on any atom is 0.279 e. The molecule has 190 valence electrons. The molecule has 0 unspecified atom stereocenters. The fourth-order valence-electron chi connectivity index (χ4n) is 3.48. The van der Waals surface area contributed by atoms with Crippen molar-refractivity contribution < 1.29 is 66.5 Å². The maximum absolute atomic E-state index is 12.4. The Morgan fingerprint density at radius 2 is 0.853 bits per heavy atom. The lowest BCUT2D eigenvalue weighted by Crippen LogP contribution is -3.00. The van der Waals surface area contributed by atoms with Crippen LogP contribution >= 0.6 is 0 Å². The van der Waals surface area contributed by atoms with Crippen molar-refractivity contribution in [2.24, 2.45) is 0 Å². The number of nitrogens with one attached hydrogen (secondary N) is 2. The third kappa shape index (κ3) is 9.79. The number of quaternary nitrogens is 2. The summed E-state index contributed by atoms with van der Waals surface area (Å²) in [5.74, 6) is 0.0647. The predicted molar refractivity (Wildman–Crippen MR) is 133 cm³/mol. The molecule has 0 atom stereocenters. The van der Waals surface area contributed by atoms with Crippen molar-refractivity contribution in [2.75, 3.05) is 64.0 Å². The number of anilines is 2. The number of amides is 2. The number of hydrogen-bond donors (Lipinski definition) is 2. The molecule has 2 amide bonds. The van der Waals surface area contributed by atoms with Crippen LogP contribution in [0.4, 0.5) is 11.4 Å². The first kappa shape index (κ1) is 32.8. The summed E-state index contributed by atoms with van der Waals surface area (Å²) < 4.78 is 1.45. The Kier molecular flexibility index (Phi) is 14.5. The Morgan fingerprint density at radius 1 is 0.588 bits per heavy atom. The van der Waals surface area contributed by atoms with Gasteiger partial charge in [-0.1, -0.05) is 24.3 Å². The van der Waals surface area contributed by atoms with Crippen molar-refractivity contribution >= 4 is 23.2 Å². The molecule has 0 aliphatic carbocycles. The van der Waals surface area contributed by atoms with Gasteiger partial charge in [-0.25, -0.2) is 0 Å². The Balaban J connectivity index is 0.00000544. The van der Waals surface area contributed by atoms with E-state index in [-0.39, 0.29) is 59.8 Å². The minimum absolute atomic E-state index is 0. The van der Waals surface area contributed by atoms with Crippen LogP contribution in [0.5, 0.6) is 0 Å². The van der Waals surface area contributed by atoms with E-state index in [9.17, 15) is 9.59 Å². The topological polar surface area (TPSA) is 58.2 Å². The van der Waals surface area contributed by atoms with Gasteiger partial charge in [0.1, 0.15) is 0 Å². The Hall–Kier alpha value is -1.24. The van der Waals surface area contributed by atoms with Crippen LogP contribution in [-0.2, 0) is 9.59 Å². The molecule has 34 heavy (non-hydrogen) atoms. The highest BCUT2D eigenvalue weighted by Gasteiger charge is 2.22. The highest BCUT2D eigenvalue weighted by Crippen LogP contribution is 2.23. The number of rotatable bonds is 11. The zero-order valence-electron chi connectivity index (χ0n) is 21.3. The van der Waals surface area contributed by atoms with E-state index in [1.165, 1.54) is 0 Å². The quantitative estimate of drug-likeness (QED) is 0.216. The lowest BCUT2D eigenvalue weighted by Gasteiger charge is -2.31. The smallest absolute Gasteiger partial charge is 0.279 e. The predicted octanol–water partition coefficient (Wildman–Crippen LogP) is -1.79. The highest BCUT2D eigenvalue weighted by molar-refractivity contribution is 5.92. The third-order valence-corrected chi connectivity index (χ3v) is 6.78. The largest absolute Gasteiger partial charge is 1.00 e. The monoisotopic (exact) mass is 694 g/mol. The molecule has 6 nitrogen and oxygen atoms in total. The molecule has 0 aliphatic heterocycles. The second-order valence-electron chi connectivity index (χ2n) is 9.07. The number of carbonyl (C=O) groups is 2. The van der Waals surface area contributed by atoms with Gasteiger partial charge in [0.2, 0.25) is 0 Å². The summed E-state index contributed by atoms with van der Waals surface area (Å²) in [6.07, 6.45) is 0. The van der Waals surface area contributed by atoms with Crippen LogP contribution in [0.3, 0.4) is 0 Å². The summed E-state index contributed by atoms with van der Waals surface area (Å²) in [5, 5.41) is 6.00. The number of benzene rings is 2. The van der Waals surface area contributed by atoms with Gasteiger partial charge in [-0.2, -0.15) is 0 Å². The van der Waals surface area contributed by atoms with Crippen LogP contribution in [0, 0.1) is 0 Å². The summed E-state index contributed by atoms with van der Waals surface area (Å²) in [5.41, 5.74) is 3.72. The molecule has 2 N–H and O–H groups in total. The summed E-state index contributed by atoms with van der Waals surface area (Å²) in [4.78, 5) is 24.8. The minimum Gasteiger partial charge on any atom is -1.00 e. The molecule has 0 fully saturated rings. The van der Waals surface area contributed by atoms with E-state index in [1.807, 2.05) is 48.5 Å². The first-order valence-electron chi connectivity index (χ1n) is 11.6. The number of nitrogens with zero attached hydrogens (tertiary/aromatic N) is 2. The van der Waals surface area contributed by atoms with Crippen LogP contribution < -0.4 is 58.6 Å². The molecule has 0 heterocycles. The van der Waals surface area contributed by atoms with E-state index < -0.39 is 0 Å². The first-order chi connectivity index (χ1) is 15.2. The molecule has 0 bridgehead atoms. The molecule has 0 saturated carbocycles. The maximum atomic E-state index is 12.4. The van der Waals surface area contributed by atoms with Gasteiger partial charge >= 0.3 is 0 Å². The van der Waals surface area contributed by atoms with Crippen LogP contribution in [0.2, 0.25) is 0 Å². The molecule has 0 aromatic heterocycles. The van der Waals surface area contributed by atoms with Crippen molar-refractivity contribution in [1.29, 1.82) is 0 Å². The molecule has 2 rings (SSSR count). The summed E-state index contributed by atoms with van der Waals surface area (Å²) >= 11 is 0. The zero-order valence-corrected chi connectivity index (χ0v) is 25.6. The lowest BCUT2D eigenvalue weighted by atomic mass is 10.0. The van der Waals surface area contributed by atoms with Crippen molar-refractivity contribution in [1.82, 2.24) is 0 Å². The molecule has 0 aliphatic rings. The molecule has 2 aromatic carbocycles. The number of halogens is 2. The van der Waals surface area contributed by atoms with Gasteiger partial charge in [-0.05, 0) is 63.1 Å². The SMILES string of the molecule is CC[N+](C)(CC)CC(=O)Nc1ccc(-c2ccc(NC(=O)C[N+](C)(CC)CC)cc2)cc1.[I-].[I-]. The molecule has 0 radical (unpaired) electrons. The van der Waals surface area contributed by atoms with Crippen LogP contribution in [0.25, 0.3) is 11.1 Å². The second kappa shape index (κ2) is 15.0. The lowest BCUT2D eigenvalue weighted by molar-refractivity contribution is -0.898. The van der Waals surface area contributed by atoms with Crippen molar-refractivity contribution in [3.05, 3.63) is 48.5 Å². The van der Waals surface area contributed by atoms with E-state index >= 15 is 0 Å². The molecular weight excluding hydrogens is 654 g/mol. The first-order valence-corrected chi connectivity index (χ1v) is 11.6. The van der Waals surface area contributed by atoms with Gasteiger partial charge < -0.3 is 67.6 Å². The number of hydrogen-bond acceptors (Lipinski definition) is 2. The van der Waals surface area contributed by atoms with Gasteiger partial charge in [0.15, 0.2) is 13.1 Å². The fraction of sp³-hybridized carbons (Fsp3) is 0.462. The van der Waals surface area contributed by atoms with Gasteiger partial charge in [-0.3, -0.25) is 9.59 Å². The van der Waals surface area contributed by atoms with E-state index in [0.29, 0.717) is 13.1 Å². The van der Waals surface area contributed by atoms with Gasteiger partial charge in [0.05, 0.1) is 40.3 Å².